The number of amides is 1. The van der Waals surface area contributed by atoms with Crippen LogP contribution in [0.1, 0.15) is 24.8 Å². The molecule has 1 N–H and O–H groups in total. The highest BCUT2D eigenvalue weighted by molar-refractivity contribution is 7.89. The van der Waals surface area contributed by atoms with Crippen molar-refractivity contribution in [3.63, 3.8) is 0 Å². The van der Waals surface area contributed by atoms with Gasteiger partial charge in [-0.3, -0.25) is 4.79 Å². The maximum atomic E-state index is 12.8. The van der Waals surface area contributed by atoms with Crippen LogP contribution in [0.4, 0.5) is 0 Å². The lowest BCUT2D eigenvalue weighted by Gasteiger charge is -2.31. The summed E-state index contributed by atoms with van der Waals surface area (Å²) in [5.74, 6) is 1.11. The summed E-state index contributed by atoms with van der Waals surface area (Å²) in [7, 11) is -1.76. The van der Waals surface area contributed by atoms with Gasteiger partial charge in [0.1, 0.15) is 18.1 Å². The van der Waals surface area contributed by atoms with Crippen molar-refractivity contribution in [1.82, 2.24) is 9.62 Å². The summed E-state index contributed by atoms with van der Waals surface area (Å²) in [5.41, 5.74) is 1.13. The van der Waals surface area contributed by atoms with Crippen molar-refractivity contribution in [1.29, 1.82) is 0 Å². The molecule has 0 radical (unpaired) electrons. The third-order valence-corrected chi connectivity index (χ3v) is 7.51. The molecule has 2 aromatic rings. The Morgan fingerprint density at radius 1 is 1.09 bits per heavy atom. The fourth-order valence-corrected chi connectivity index (χ4v) is 5.38. The Bertz CT molecular complexity index is 948. The van der Waals surface area contributed by atoms with Crippen LogP contribution in [0.3, 0.4) is 0 Å². The van der Waals surface area contributed by atoms with Crippen LogP contribution in [0.5, 0.6) is 11.5 Å². The van der Waals surface area contributed by atoms with Gasteiger partial charge in [-0.1, -0.05) is 30.3 Å². The summed E-state index contributed by atoms with van der Waals surface area (Å²) in [5, 5.41) is 2.87. The fourth-order valence-electron chi connectivity index (χ4n) is 3.80. The predicted octanol–water partition coefficient (Wildman–Crippen LogP) is 2.86. The van der Waals surface area contributed by atoms with Crippen molar-refractivity contribution in [2.45, 2.75) is 25.7 Å². The number of nitrogens with one attached hydrogen (secondary N) is 1. The lowest BCUT2D eigenvalue weighted by molar-refractivity contribution is -0.126. The van der Waals surface area contributed by atoms with Gasteiger partial charge in [-0.05, 0) is 55.5 Å². The highest BCUT2D eigenvalue weighted by Gasteiger charge is 2.31. The summed E-state index contributed by atoms with van der Waals surface area (Å²) < 4.78 is 37.8. The van der Waals surface area contributed by atoms with E-state index >= 15 is 0 Å². The van der Waals surface area contributed by atoms with Crippen LogP contribution in [0.15, 0.2) is 54.6 Å². The van der Waals surface area contributed by atoms with Crippen LogP contribution >= 0.6 is 0 Å². The van der Waals surface area contributed by atoms with Crippen LogP contribution in [0, 0.1) is 5.92 Å². The average Bonchev–Trinajstić information content (AvgIpc) is 2.83. The molecular formula is C24H32N2O5S. The molecule has 0 aromatic heterocycles. The first-order valence-electron chi connectivity index (χ1n) is 11.0. The van der Waals surface area contributed by atoms with E-state index in [-0.39, 0.29) is 24.1 Å². The number of sulfonamides is 1. The van der Waals surface area contributed by atoms with Gasteiger partial charge >= 0.3 is 0 Å². The zero-order chi connectivity index (χ0) is 22.8. The van der Waals surface area contributed by atoms with Crippen molar-refractivity contribution in [3.8, 4) is 11.5 Å². The molecule has 0 aliphatic carbocycles. The number of ether oxygens (including phenoxy) is 2. The van der Waals surface area contributed by atoms with Gasteiger partial charge in [0.25, 0.3) is 0 Å². The van der Waals surface area contributed by atoms with Crippen molar-refractivity contribution in [2.24, 2.45) is 5.92 Å². The third-order valence-electron chi connectivity index (χ3n) is 5.59. The van der Waals surface area contributed by atoms with Crippen molar-refractivity contribution in [2.75, 3.05) is 39.1 Å². The monoisotopic (exact) mass is 460 g/mol. The molecule has 8 heteroatoms. The molecule has 1 aliphatic heterocycles. The van der Waals surface area contributed by atoms with Gasteiger partial charge in [0.2, 0.25) is 15.9 Å². The van der Waals surface area contributed by atoms with E-state index in [1.165, 1.54) is 4.31 Å². The lowest BCUT2D eigenvalue weighted by atomic mass is 9.99. The molecule has 0 bridgehead atoms. The zero-order valence-electron chi connectivity index (χ0n) is 18.5. The van der Waals surface area contributed by atoms with E-state index in [9.17, 15) is 13.2 Å². The molecule has 1 amide bonds. The normalized spacial score (nSPS) is 17.0. The lowest BCUT2D eigenvalue weighted by Crippen LogP contribution is -2.46. The minimum atomic E-state index is -3.37. The fraction of sp³-hybridized carbons (Fsp3) is 0.458. The van der Waals surface area contributed by atoms with Gasteiger partial charge in [0, 0.05) is 13.1 Å². The number of nitrogens with zero attached hydrogens (tertiary/aromatic N) is 1. The molecule has 1 atom stereocenters. The number of piperidine rings is 1. The Kier molecular flexibility index (Phi) is 8.93. The number of hydrogen-bond donors (Lipinski definition) is 1. The summed E-state index contributed by atoms with van der Waals surface area (Å²) in [4.78, 5) is 12.6. The third kappa shape index (κ3) is 7.24. The first-order valence-corrected chi connectivity index (χ1v) is 12.6. The van der Waals surface area contributed by atoms with E-state index in [1.807, 2.05) is 54.6 Å². The van der Waals surface area contributed by atoms with E-state index in [0.717, 1.165) is 17.7 Å². The van der Waals surface area contributed by atoms with E-state index in [0.29, 0.717) is 44.7 Å². The van der Waals surface area contributed by atoms with Crippen LogP contribution in [-0.2, 0) is 21.2 Å². The van der Waals surface area contributed by atoms with E-state index in [1.54, 1.807) is 7.11 Å². The van der Waals surface area contributed by atoms with Crippen molar-refractivity contribution >= 4 is 15.9 Å². The largest absolute Gasteiger partial charge is 0.497 e. The molecule has 1 saturated heterocycles. The molecule has 1 fully saturated rings. The highest BCUT2D eigenvalue weighted by atomic mass is 32.2. The van der Waals surface area contributed by atoms with Crippen LogP contribution in [-0.4, -0.2) is 57.7 Å². The second kappa shape index (κ2) is 11.9. The van der Waals surface area contributed by atoms with Gasteiger partial charge in [-0.15, -0.1) is 0 Å². The van der Waals surface area contributed by atoms with Crippen LogP contribution in [0.25, 0.3) is 0 Å². The van der Waals surface area contributed by atoms with Gasteiger partial charge < -0.3 is 14.8 Å². The first-order chi connectivity index (χ1) is 15.5. The van der Waals surface area contributed by atoms with E-state index < -0.39 is 10.0 Å². The zero-order valence-corrected chi connectivity index (χ0v) is 19.4. The number of hydrogen-bond acceptors (Lipinski definition) is 5. The summed E-state index contributed by atoms with van der Waals surface area (Å²) >= 11 is 0. The van der Waals surface area contributed by atoms with Gasteiger partial charge in [0.15, 0.2) is 0 Å². The molecule has 1 aliphatic rings. The Morgan fingerprint density at radius 3 is 2.53 bits per heavy atom. The maximum Gasteiger partial charge on any atom is 0.224 e. The second-order valence-corrected chi connectivity index (χ2v) is 10.0. The molecule has 174 valence electrons. The summed E-state index contributed by atoms with van der Waals surface area (Å²) in [6, 6.07) is 17.1. The Morgan fingerprint density at radius 2 is 1.81 bits per heavy atom. The first kappa shape index (κ1) is 24.1. The van der Waals surface area contributed by atoms with Crippen LogP contribution in [0.2, 0.25) is 0 Å². The molecule has 0 spiro atoms. The topological polar surface area (TPSA) is 84.9 Å². The molecule has 32 heavy (non-hydrogen) atoms. The Labute approximate surface area is 190 Å². The number of carbonyl (C=O) groups excluding carboxylic acids is 1. The SMILES string of the molecule is COc1ccc(OCCNC(=O)[C@H]2CCCN(S(=O)(=O)CCCc3ccccc3)C2)cc1. The van der Waals surface area contributed by atoms with Gasteiger partial charge in [-0.25, -0.2) is 12.7 Å². The molecule has 2 aromatic carbocycles. The molecule has 3 rings (SSSR count). The van der Waals surface area contributed by atoms with E-state index in [4.69, 9.17) is 9.47 Å². The van der Waals surface area contributed by atoms with Gasteiger partial charge in [-0.2, -0.15) is 0 Å². The number of aryl methyl sites for hydroxylation is 1. The number of rotatable bonds is 11. The molecule has 0 saturated carbocycles. The highest BCUT2D eigenvalue weighted by Crippen LogP contribution is 2.21. The van der Waals surface area contributed by atoms with Crippen molar-refractivity contribution in [3.05, 3.63) is 60.2 Å². The molecule has 0 unspecified atom stereocenters. The predicted molar refractivity (Wildman–Crippen MR) is 124 cm³/mol. The maximum absolute atomic E-state index is 12.8. The summed E-state index contributed by atoms with van der Waals surface area (Å²) in [6.45, 7) is 1.44. The van der Waals surface area contributed by atoms with Gasteiger partial charge in [0.05, 0.1) is 25.3 Å². The second-order valence-electron chi connectivity index (χ2n) is 7.92. The standard InChI is InChI=1S/C24H32N2O5S/c1-30-22-11-13-23(14-12-22)31-17-15-25-24(27)21-10-5-16-26(19-21)32(28,29)18-6-9-20-7-3-2-4-8-20/h2-4,7-8,11-14,21H,5-6,9-10,15-19H2,1H3,(H,25,27)/t21-/m0/s1. The van der Waals surface area contributed by atoms with Crippen molar-refractivity contribution < 1.29 is 22.7 Å². The summed E-state index contributed by atoms with van der Waals surface area (Å²) in [6.07, 6.45) is 2.69. The minimum absolute atomic E-state index is 0.103. The molecule has 1 heterocycles. The number of methoxy groups -OCH3 is 1. The number of carbonyl (C=O) groups is 1. The number of benzene rings is 2. The van der Waals surface area contributed by atoms with E-state index in [2.05, 4.69) is 5.32 Å². The average molecular weight is 461 g/mol. The Hall–Kier alpha value is -2.58. The Balaban J connectivity index is 1.40. The molecular weight excluding hydrogens is 428 g/mol. The van der Waals surface area contributed by atoms with Crippen LogP contribution < -0.4 is 14.8 Å². The smallest absolute Gasteiger partial charge is 0.224 e. The quantitative estimate of drug-likeness (QED) is 0.521. The minimum Gasteiger partial charge on any atom is -0.497 e. The molecule has 7 nitrogen and oxygen atoms in total.